The van der Waals surface area contributed by atoms with Gasteiger partial charge in [0.25, 0.3) is 5.91 Å². The summed E-state index contributed by atoms with van der Waals surface area (Å²) in [6, 6.07) is 8.55. The van der Waals surface area contributed by atoms with Crippen LogP contribution in [0.2, 0.25) is 0 Å². The maximum Gasteiger partial charge on any atom is 0.256 e. The van der Waals surface area contributed by atoms with E-state index >= 15 is 0 Å². The summed E-state index contributed by atoms with van der Waals surface area (Å²) in [5.74, 6) is -0.804. The van der Waals surface area contributed by atoms with E-state index in [0.717, 1.165) is 0 Å². The summed E-state index contributed by atoms with van der Waals surface area (Å²) in [7, 11) is 0. The van der Waals surface area contributed by atoms with E-state index in [2.05, 4.69) is 0 Å². The van der Waals surface area contributed by atoms with Gasteiger partial charge in [0.15, 0.2) is 5.60 Å². The van der Waals surface area contributed by atoms with E-state index in [9.17, 15) is 9.90 Å². The summed E-state index contributed by atoms with van der Waals surface area (Å²) in [5.41, 5.74) is 3.89. The van der Waals surface area contributed by atoms with Crippen LogP contribution >= 0.6 is 0 Å². The summed E-state index contributed by atoms with van der Waals surface area (Å²) in [5, 5.41) is 10.1. The van der Waals surface area contributed by atoms with Gasteiger partial charge in [-0.15, -0.1) is 0 Å². The average Bonchev–Trinajstić information content (AvgIpc) is 2.27. The zero-order chi connectivity index (χ0) is 11.3. The van der Waals surface area contributed by atoms with Gasteiger partial charge < -0.3 is 15.6 Å². The van der Waals surface area contributed by atoms with Crippen LogP contribution in [0.5, 0.6) is 0 Å². The Morgan fingerprint density at radius 1 is 1.47 bits per heavy atom. The van der Waals surface area contributed by atoms with E-state index in [4.69, 9.17) is 10.5 Å². The van der Waals surface area contributed by atoms with Gasteiger partial charge in [0.2, 0.25) is 0 Å². The summed E-state index contributed by atoms with van der Waals surface area (Å²) < 4.78 is 5.06. The molecule has 1 rings (SSSR count). The van der Waals surface area contributed by atoms with Crippen molar-refractivity contribution >= 4 is 5.91 Å². The standard InChI is InChI=1S/C11H15NO3/c1-2-15-8-11(14,10(12)13)9-6-4-3-5-7-9/h3-7,14H,2,8H2,1H3,(H2,12,13). The van der Waals surface area contributed by atoms with Crippen molar-refractivity contribution in [2.75, 3.05) is 13.2 Å². The molecule has 0 aliphatic heterocycles. The molecule has 4 nitrogen and oxygen atoms in total. The normalized spacial score (nSPS) is 14.5. The number of benzene rings is 1. The van der Waals surface area contributed by atoms with E-state index in [1.54, 1.807) is 37.3 Å². The molecular weight excluding hydrogens is 194 g/mol. The first-order valence-corrected chi connectivity index (χ1v) is 4.77. The molecule has 0 spiro atoms. The van der Waals surface area contributed by atoms with Crippen molar-refractivity contribution in [2.45, 2.75) is 12.5 Å². The van der Waals surface area contributed by atoms with E-state index in [1.165, 1.54) is 0 Å². The molecule has 0 radical (unpaired) electrons. The largest absolute Gasteiger partial charge is 0.378 e. The lowest BCUT2D eigenvalue weighted by molar-refractivity contribution is -0.144. The zero-order valence-corrected chi connectivity index (χ0v) is 8.64. The first-order valence-electron chi connectivity index (χ1n) is 4.77. The first kappa shape index (κ1) is 11.7. The molecule has 3 N–H and O–H groups in total. The zero-order valence-electron chi connectivity index (χ0n) is 8.64. The molecule has 0 fully saturated rings. The molecule has 0 aromatic heterocycles. The van der Waals surface area contributed by atoms with Crippen LogP contribution < -0.4 is 5.73 Å². The Bertz CT molecular complexity index is 326. The Hall–Kier alpha value is -1.39. The molecule has 0 bridgehead atoms. The van der Waals surface area contributed by atoms with Crippen molar-refractivity contribution in [1.29, 1.82) is 0 Å². The highest BCUT2D eigenvalue weighted by Gasteiger charge is 2.36. The third-order valence-electron chi connectivity index (χ3n) is 2.17. The molecule has 0 aliphatic rings. The fourth-order valence-electron chi connectivity index (χ4n) is 1.26. The number of ether oxygens (including phenoxy) is 1. The highest BCUT2D eigenvalue weighted by atomic mass is 16.5. The number of carbonyl (C=O) groups excluding carboxylic acids is 1. The molecule has 4 heteroatoms. The predicted molar refractivity (Wildman–Crippen MR) is 56.0 cm³/mol. The van der Waals surface area contributed by atoms with Crippen molar-refractivity contribution < 1.29 is 14.6 Å². The van der Waals surface area contributed by atoms with Crippen molar-refractivity contribution in [1.82, 2.24) is 0 Å². The minimum Gasteiger partial charge on any atom is -0.378 e. The van der Waals surface area contributed by atoms with Crippen LogP contribution in [0.1, 0.15) is 12.5 Å². The molecule has 0 aliphatic carbocycles. The molecule has 82 valence electrons. The average molecular weight is 209 g/mol. The van der Waals surface area contributed by atoms with Gasteiger partial charge in [-0.1, -0.05) is 30.3 Å². The summed E-state index contributed by atoms with van der Waals surface area (Å²) in [4.78, 5) is 11.2. The maximum atomic E-state index is 11.2. The number of primary amides is 1. The van der Waals surface area contributed by atoms with Gasteiger partial charge in [-0.2, -0.15) is 0 Å². The number of amides is 1. The molecule has 1 aromatic carbocycles. The minimum absolute atomic E-state index is 0.122. The lowest BCUT2D eigenvalue weighted by Gasteiger charge is -2.24. The van der Waals surface area contributed by atoms with Crippen LogP contribution in [0, 0.1) is 0 Å². The molecule has 1 unspecified atom stereocenters. The Kier molecular flexibility index (Phi) is 3.82. The van der Waals surface area contributed by atoms with E-state index in [-0.39, 0.29) is 6.61 Å². The van der Waals surface area contributed by atoms with Gasteiger partial charge in [-0.25, -0.2) is 0 Å². The van der Waals surface area contributed by atoms with Crippen molar-refractivity contribution in [3.8, 4) is 0 Å². The van der Waals surface area contributed by atoms with Gasteiger partial charge in [0, 0.05) is 6.61 Å². The molecule has 0 saturated carbocycles. The highest BCUT2D eigenvalue weighted by Crippen LogP contribution is 2.20. The lowest BCUT2D eigenvalue weighted by atomic mass is 9.94. The summed E-state index contributed by atoms with van der Waals surface area (Å²) >= 11 is 0. The smallest absolute Gasteiger partial charge is 0.256 e. The van der Waals surface area contributed by atoms with Gasteiger partial charge >= 0.3 is 0 Å². The number of hydrogen-bond acceptors (Lipinski definition) is 3. The second-order valence-electron chi connectivity index (χ2n) is 3.23. The highest BCUT2D eigenvalue weighted by molar-refractivity contribution is 5.84. The van der Waals surface area contributed by atoms with Gasteiger partial charge in [-0.05, 0) is 12.5 Å². The number of nitrogens with two attached hydrogens (primary N) is 1. The van der Waals surface area contributed by atoms with Crippen LogP contribution in [0.4, 0.5) is 0 Å². The van der Waals surface area contributed by atoms with Crippen LogP contribution in [0.25, 0.3) is 0 Å². The van der Waals surface area contributed by atoms with Gasteiger partial charge in [0.05, 0.1) is 6.61 Å². The number of carbonyl (C=O) groups is 1. The number of aliphatic hydroxyl groups is 1. The third-order valence-corrected chi connectivity index (χ3v) is 2.17. The second kappa shape index (κ2) is 4.91. The quantitative estimate of drug-likeness (QED) is 0.737. The second-order valence-corrected chi connectivity index (χ2v) is 3.23. The Balaban J connectivity index is 2.96. The monoisotopic (exact) mass is 209 g/mol. The Morgan fingerprint density at radius 2 is 2.07 bits per heavy atom. The molecule has 0 saturated heterocycles. The predicted octanol–water partition coefficient (Wildman–Crippen LogP) is 0.396. The lowest BCUT2D eigenvalue weighted by Crippen LogP contribution is -2.45. The molecule has 1 aromatic rings. The van der Waals surface area contributed by atoms with E-state index in [0.29, 0.717) is 12.2 Å². The van der Waals surface area contributed by atoms with E-state index in [1.807, 2.05) is 0 Å². The minimum atomic E-state index is -1.74. The van der Waals surface area contributed by atoms with Crippen LogP contribution in [0.15, 0.2) is 30.3 Å². The van der Waals surface area contributed by atoms with Crippen molar-refractivity contribution in [2.24, 2.45) is 5.73 Å². The molecule has 1 amide bonds. The van der Waals surface area contributed by atoms with Crippen LogP contribution in [0.3, 0.4) is 0 Å². The summed E-state index contributed by atoms with van der Waals surface area (Å²) in [6.07, 6.45) is 0. The van der Waals surface area contributed by atoms with Crippen molar-refractivity contribution in [3.63, 3.8) is 0 Å². The number of hydrogen-bond donors (Lipinski definition) is 2. The maximum absolute atomic E-state index is 11.2. The molecule has 15 heavy (non-hydrogen) atoms. The summed E-state index contributed by atoms with van der Waals surface area (Å²) in [6.45, 7) is 2.08. The molecule has 0 heterocycles. The number of rotatable bonds is 5. The molecular formula is C11H15NO3. The Morgan fingerprint density at radius 3 is 2.53 bits per heavy atom. The fraction of sp³-hybridized carbons (Fsp3) is 0.364. The van der Waals surface area contributed by atoms with Crippen LogP contribution in [-0.4, -0.2) is 24.2 Å². The third kappa shape index (κ3) is 2.55. The van der Waals surface area contributed by atoms with Gasteiger partial charge in [-0.3, -0.25) is 4.79 Å². The topological polar surface area (TPSA) is 72.6 Å². The first-order chi connectivity index (χ1) is 7.11. The Labute approximate surface area is 88.7 Å². The van der Waals surface area contributed by atoms with Crippen molar-refractivity contribution in [3.05, 3.63) is 35.9 Å². The van der Waals surface area contributed by atoms with Crippen LogP contribution in [-0.2, 0) is 15.1 Å². The van der Waals surface area contributed by atoms with E-state index < -0.39 is 11.5 Å². The van der Waals surface area contributed by atoms with Gasteiger partial charge in [0.1, 0.15) is 0 Å². The molecule has 1 atom stereocenters. The fourth-order valence-corrected chi connectivity index (χ4v) is 1.26. The SMILES string of the molecule is CCOCC(O)(C(N)=O)c1ccccc1.